The van der Waals surface area contributed by atoms with Crippen molar-refractivity contribution in [1.82, 2.24) is 4.72 Å². The zero-order valence-corrected chi connectivity index (χ0v) is 12.7. The van der Waals surface area contributed by atoms with Gasteiger partial charge in [0.05, 0.1) is 10.0 Å². The third kappa shape index (κ3) is 3.31. The number of hydrogen-bond donors (Lipinski definition) is 1. The molecule has 0 spiro atoms. The summed E-state index contributed by atoms with van der Waals surface area (Å²) in [7, 11) is -3.94. The van der Waals surface area contributed by atoms with Crippen molar-refractivity contribution in [3.8, 4) is 0 Å². The van der Waals surface area contributed by atoms with Crippen molar-refractivity contribution in [2.24, 2.45) is 0 Å². The van der Waals surface area contributed by atoms with E-state index in [1.54, 1.807) is 0 Å². The van der Waals surface area contributed by atoms with Crippen molar-refractivity contribution < 1.29 is 17.6 Å². The topological polar surface area (TPSA) is 63.2 Å². The van der Waals surface area contributed by atoms with Crippen LogP contribution in [0.3, 0.4) is 0 Å². The molecule has 1 N–H and O–H groups in total. The molecule has 0 radical (unpaired) electrons. The van der Waals surface area contributed by atoms with Crippen LogP contribution in [-0.4, -0.2) is 20.2 Å². The average molecular weight is 340 g/mol. The second-order valence-electron chi connectivity index (χ2n) is 4.61. The van der Waals surface area contributed by atoms with Gasteiger partial charge in [0.2, 0.25) is 10.0 Å². The summed E-state index contributed by atoms with van der Waals surface area (Å²) >= 11 is 11.2. The van der Waals surface area contributed by atoms with Crippen molar-refractivity contribution in [2.45, 2.75) is 36.6 Å². The predicted molar refractivity (Wildman–Crippen MR) is 74.0 cm³/mol. The van der Waals surface area contributed by atoms with Crippen LogP contribution in [0.1, 0.15) is 25.7 Å². The normalized spacial score (nSPS) is 17.4. The van der Waals surface area contributed by atoms with Crippen LogP contribution < -0.4 is 4.72 Å². The standard InChI is InChI=1S/C12H12Cl2FNO3S/c13-9-5-6-10(11(14)12(9)15)20(18,19)16-7-1-3-8(17)4-2-7/h5-7,16H,1-4H2. The first kappa shape index (κ1) is 15.7. The van der Waals surface area contributed by atoms with E-state index in [0.717, 1.165) is 12.1 Å². The minimum Gasteiger partial charge on any atom is -0.300 e. The summed E-state index contributed by atoms with van der Waals surface area (Å²) in [5.41, 5.74) is 0. The minimum absolute atomic E-state index is 0.121. The summed E-state index contributed by atoms with van der Waals surface area (Å²) in [4.78, 5) is 10.8. The van der Waals surface area contributed by atoms with E-state index < -0.39 is 20.9 Å². The minimum atomic E-state index is -3.94. The van der Waals surface area contributed by atoms with Gasteiger partial charge in [-0.05, 0) is 25.0 Å². The van der Waals surface area contributed by atoms with E-state index in [1.165, 1.54) is 0 Å². The number of halogens is 3. The first-order chi connectivity index (χ1) is 9.31. The molecular formula is C12H12Cl2FNO3S. The quantitative estimate of drug-likeness (QED) is 0.861. The largest absolute Gasteiger partial charge is 0.300 e. The van der Waals surface area contributed by atoms with Crippen LogP contribution in [0.5, 0.6) is 0 Å². The third-order valence-corrected chi connectivity index (χ3v) is 5.49. The SMILES string of the molecule is O=C1CCC(NS(=O)(=O)c2ccc(Cl)c(F)c2Cl)CC1. The first-order valence-electron chi connectivity index (χ1n) is 5.99. The molecule has 1 aromatic carbocycles. The van der Waals surface area contributed by atoms with Crippen LogP contribution in [0.25, 0.3) is 0 Å². The average Bonchev–Trinajstić information content (AvgIpc) is 2.38. The Balaban J connectivity index is 2.23. The van der Waals surface area contributed by atoms with E-state index in [1.807, 2.05) is 0 Å². The second-order valence-corrected chi connectivity index (χ2v) is 7.08. The molecule has 110 valence electrons. The number of rotatable bonds is 3. The maximum Gasteiger partial charge on any atom is 0.242 e. The van der Waals surface area contributed by atoms with Crippen molar-refractivity contribution in [3.05, 3.63) is 28.0 Å². The fourth-order valence-corrected chi connectivity index (χ4v) is 4.11. The molecule has 0 atom stereocenters. The Bertz CT molecular complexity index is 638. The van der Waals surface area contributed by atoms with Crippen LogP contribution in [0.2, 0.25) is 10.0 Å². The number of carbonyl (C=O) groups excluding carboxylic acids is 1. The van der Waals surface area contributed by atoms with Crippen LogP contribution in [0.4, 0.5) is 4.39 Å². The smallest absolute Gasteiger partial charge is 0.242 e. The number of sulfonamides is 1. The fourth-order valence-electron chi connectivity index (χ4n) is 2.06. The van der Waals surface area contributed by atoms with Crippen LogP contribution in [-0.2, 0) is 14.8 Å². The Morgan fingerprint density at radius 2 is 1.80 bits per heavy atom. The molecular weight excluding hydrogens is 328 g/mol. The Hall–Kier alpha value is -0.690. The van der Waals surface area contributed by atoms with Crippen LogP contribution in [0.15, 0.2) is 17.0 Å². The number of nitrogens with one attached hydrogen (secondary N) is 1. The molecule has 1 aliphatic rings. The molecule has 0 saturated heterocycles. The van der Waals surface area contributed by atoms with Crippen molar-refractivity contribution >= 4 is 39.0 Å². The highest BCUT2D eigenvalue weighted by atomic mass is 35.5. The lowest BCUT2D eigenvalue weighted by Crippen LogP contribution is -2.37. The van der Waals surface area contributed by atoms with Gasteiger partial charge in [0.1, 0.15) is 10.7 Å². The Morgan fingerprint density at radius 3 is 2.40 bits per heavy atom. The zero-order chi connectivity index (χ0) is 14.9. The summed E-state index contributed by atoms with van der Waals surface area (Å²) in [6, 6.07) is 1.96. The molecule has 0 aromatic heterocycles. The van der Waals surface area contributed by atoms with E-state index >= 15 is 0 Å². The molecule has 8 heteroatoms. The Labute approximate surface area is 126 Å². The van der Waals surface area contributed by atoms with Gasteiger partial charge in [0.25, 0.3) is 0 Å². The first-order valence-corrected chi connectivity index (χ1v) is 8.22. The molecule has 1 saturated carbocycles. The highest BCUT2D eigenvalue weighted by Crippen LogP contribution is 2.30. The summed E-state index contributed by atoms with van der Waals surface area (Å²) in [6.45, 7) is 0. The molecule has 0 amide bonds. The summed E-state index contributed by atoms with van der Waals surface area (Å²) in [6.07, 6.45) is 1.56. The van der Waals surface area contributed by atoms with Crippen LogP contribution in [0, 0.1) is 5.82 Å². The maximum atomic E-state index is 13.6. The number of benzene rings is 1. The van der Waals surface area contributed by atoms with Gasteiger partial charge in [-0.15, -0.1) is 0 Å². The Morgan fingerprint density at radius 1 is 1.20 bits per heavy atom. The van der Waals surface area contributed by atoms with Crippen molar-refractivity contribution in [3.63, 3.8) is 0 Å². The van der Waals surface area contributed by atoms with Crippen LogP contribution >= 0.6 is 23.2 Å². The fraction of sp³-hybridized carbons (Fsp3) is 0.417. The number of Topliss-reactive ketones (excluding diaryl/α,β-unsaturated/α-hetero) is 1. The highest BCUT2D eigenvalue weighted by Gasteiger charge is 2.27. The van der Waals surface area contributed by atoms with E-state index in [2.05, 4.69) is 4.72 Å². The molecule has 2 rings (SSSR count). The van der Waals surface area contributed by atoms with Gasteiger partial charge in [-0.3, -0.25) is 4.79 Å². The van der Waals surface area contributed by atoms with Gasteiger partial charge in [0, 0.05) is 18.9 Å². The van der Waals surface area contributed by atoms with Crippen molar-refractivity contribution in [1.29, 1.82) is 0 Å². The predicted octanol–water partition coefficient (Wildman–Crippen LogP) is 2.92. The number of hydrogen-bond acceptors (Lipinski definition) is 3. The number of carbonyl (C=O) groups is 1. The van der Waals surface area contributed by atoms with Gasteiger partial charge in [-0.25, -0.2) is 17.5 Å². The van der Waals surface area contributed by atoms with Gasteiger partial charge >= 0.3 is 0 Å². The molecule has 0 heterocycles. The monoisotopic (exact) mass is 339 g/mol. The summed E-state index contributed by atoms with van der Waals surface area (Å²) in [5.74, 6) is -0.842. The molecule has 0 unspecified atom stereocenters. The lowest BCUT2D eigenvalue weighted by Gasteiger charge is -2.22. The molecule has 0 aliphatic heterocycles. The summed E-state index contributed by atoms with van der Waals surface area (Å²) in [5, 5.41) is -0.769. The second kappa shape index (κ2) is 5.97. The molecule has 1 aromatic rings. The lowest BCUT2D eigenvalue weighted by molar-refractivity contribution is -0.120. The molecule has 4 nitrogen and oxygen atoms in total. The van der Waals surface area contributed by atoms with Gasteiger partial charge in [-0.2, -0.15) is 0 Å². The van der Waals surface area contributed by atoms with Gasteiger partial charge in [-0.1, -0.05) is 23.2 Å². The maximum absolute atomic E-state index is 13.6. The molecule has 20 heavy (non-hydrogen) atoms. The van der Waals surface area contributed by atoms with E-state index in [0.29, 0.717) is 25.7 Å². The summed E-state index contributed by atoms with van der Waals surface area (Å²) < 4.78 is 40.3. The number of ketones is 1. The zero-order valence-electron chi connectivity index (χ0n) is 10.3. The van der Waals surface area contributed by atoms with E-state index in [-0.39, 0.29) is 21.7 Å². The highest BCUT2D eigenvalue weighted by molar-refractivity contribution is 7.89. The molecule has 0 bridgehead atoms. The lowest BCUT2D eigenvalue weighted by atomic mass is 9.95. The van der Waals surface area contributed by atoms with Gasteiger partial charge < -0.3 is 0 Å². The van der Waals surface area contributed by atoms with E-state index in [4.69, 9.17) is 23.2 Å². The molecule has 1 aliphatic carbocycles. The third-order valence-electron chi connectivity index (χ3n) is 3.15. The Kier molecular flexibility index (Phi) is 4.69. The van der Waals surface area contributed by atoms with Crippen molar-refractivity contribution in [2.75, 3.05) is 0 Å². The van der Waals surface area contributed by atoms with E-state index in [9.17, 15) is 17.6 Å². The molecule has 1 fully saturated rings. The van der Waals surface area contributed by atoms with Gasteiger partial charge in [0.15, 0.2) is 5.82 Å².